The molecule has 4 rings (SSSR count). The summed E-state index contributed by atoms with van der Waals surface area (Å²) in [6.07, 6.45) is 0.786. The lowest BCUT2D eigenvalue weighted by atomic mass is 10.1. The summed E-state index contributed by atoms with van der Waals surface area (Å²) in [5.74, 6) is 0.996. The number of hydrogen-bond donors (Lipinski definition) is 2. The number of benzene rings is 2. The highest BCUT2D eigenvalue weighted by atomic mass is 35.5. The van der Waals surface area contributed by atoms with Crippen molar-refractivity contribution >= 4 is 34.8 Å². The van der Waals surface area contributed by atoms with Crippen molar-refractivity contribution in [2.24, 2.45) is 0 Å². The largest absolute Gasteiger partial charge is 0.504 e. The fourth-order valence-electron chi connectivity index (χ4n) is 3.41. The molecule has 0 spiro atoms. The van der Waals surface area contributed by atoms with Crippen LogP contribution in [0, 0.1) is 0 Å². The molecule has 2 aromatic carbocycles. The molecule has 2 heterocycles. The second kappa shape index (κ2) is 8.42. The van der Waals surface area contributed by atoms with Crippen LogP contribution in [-0.2, 0) is 12.8 Å². The average molecular weight is 480 g/mol. The third kappa shape index (κ3) is 3.96. The van der Waals surface area contributed by atoms with E-state index in [1.54, 1.807) is 35.0 Å². The van der Waals surface area contributed by atoms with Gasteiger partial charge >= 0.3 is 0 Å². The zero-order valence-corrected chi connectivity index (χ0v) is 18.8. The Morgan fingerprint density at radius 2 is 1.84 bits per heavy atom. The third-order valence-corrected chi connectivity index (χ3v) is 5.62. The third-order valence-electron chi connectivity index (χ3n) is 4.83. The minimum absolute atomic E-state index is 0.00636. The summed E-state index contributed by atoms with van der Waals surface area (Å²) in [4.78, 5) is 21.6. The fraction of sp³-hybridized carbons (Fsp3) is 0.190. The fourth-order valence-corrected chi connectivity index (χ4v) is 4.40. The Balaban J connectivity index is 1.87. The highest BCUT2D eigenvalue weighted by molar-refractivity contribution is 6.40. The Morgan fingerprint density at radius 3 is 2.45 bits per heavy atom. The number of phenolic OH excluding ortho intramolecular Hbond substituents is 1. The molecule has 0 radical (unpaired) electrons. The van der Waals surface area contributed by atoms with Gasteiger partial charge < -0.3 is 9.84 Å². The minimum atomic E-state index is -0.411. The first-order valence-electron chi connectivity index (χ1n) is 9.33. The number of methoxy groups -OCH3 is 1. The zero-order valence-electron chi connectivity index (χ0n) is 16.5. The first-order valence-corrected chi connectivity index (χ1v) is 10.5. The van der Waals surface area contributed by atoms with Gasteiger partial charge in [-0.25, -0.2) is 9.67 Å². The van der Waals surface area contributed by atoms with Crippen LogP contribution in [0.3, 0.4) is 0 Å². The van der Waals surface area contributed by atoms with E-state index in [4.69, 9.17) is 39.5 Å². The Labute approximate surface area is 192 Å². The van der Waals surface area contributed by atoms with E-state index < -0.39 is 5.56 Å². The normalized spacial score (nSPS) is 11.3. The first kappa shape index (κ1) is 21.5. The number of ether oxygens (including phenoxy) is 1. The molecule has 2 aliphatic rings. The molecule has 0 amide bonds. The van der Waals surface area contributed by atoms with E-state index in [0.717, 1.165) is 5.56 Å². The van der Waals surface area contributed by atoms with Crippen molar-refractivity contribution in [1.82, 2.24) is 19.7 Å². The highest BCUT2D eigenvalue weighted by Gasteiger charge is 2.25. The number of aryl methyl sites for hydroxylation is 1. The van der Waals surface area contributed by atoms with Crippen LogP contribution in [0.1, 0.15) is 24.0 Å². The van der Waals surface area contributed by atoms with Crippen molar-refractivity contribution in [1.29, 1.82) is 0 Å². The van der Waals surface area contributed by atoms with Gasteiger partial charge in [0.05, 0.1) is 17.2 Å². The number of phenols is 1. The Morgan fingerprint density at radius 1 is 1.13 bits per heavy atom. The molecule has 160 valence electrons. The smallest absolute Gasteiger partial charge is 0.284 e. The van der Waals surface area contributed by atoms with Crippen LogP contribution >= 0.6 is 34.8 Å². The average Bonchev–Trinajstić information content (AvgIpc) is 3.06. The number of nitrogens with one attached hydrogen (secondary N) is 1. The summed E-state index contributed by atoms with van der Waals surface area (Å²) in [5.41, 5.74) is 1.77. The van der Waals surface area contributed by atoms with Gasteiger partial charge in [0.25, 0.3) is 5.56 Å². The van der Waals surface area contributed by atoms with Gasteiger partial charge in [0.15, 0.2) is 17.3 Å². The van der Waals surface area contributed by atoms with Gasteiger partial charge in [0.1, 0.15) is 17.1 Å². The predicted octanol–water partition coefficient (Wildman–Crippen LogP) is 4.89. The molecule has 10 heteroatoms. The number of aromatic amines is 1. The van der Waals surface area contributed by atoms with E-state index in [-0.39, 0.29) is 12.2 Å². The summed E-state index contributed by atoms with van der Waals surface area (Å²) < 4.78 is 6.64. The molecule has 0 aliphatic carbocycles. The number of H-pyrrole nitrogens is 1. The summed E-state index contributed by atoms with van der Waals surface area (Å²) in [6.45, 7) is 1.91. The molecule has 0 fully saturated rings. The standard InChI is InChI=1S/C21H17Cl3N4O3/c1-3-14-18-20(28(27-14)19-12(23)8-11(22)9-13(19)24)25-17(26-21(18)30)7-10-4-5-16(31-2)15(29)6-10/h4-6,8-9,27,29H,3,7H2,1-2H3. The number of aromatic nitrogens is 4. The highest BCUT2D eigenvalue weighted by Crippen LogP contribution is 2.35. The lowest BCUT2D eigenvalue weighted by Gasteiger charge is -2.12. The van der Waals surface area contributed by atoms with Crippen molar-refractivity contribution in [3.05, 3.63) is 72.8 Å². The maximum absolute atomic E-state index is 12.9. The van der Waals surface area contributed by atoms with E-state index in [2.05, 4.69) is 15.1 Å². The number of hydrogen-bond acceptors (Lipinski definition) is 5. The summed E-state index contributed by atoms with van der Waals surface area (Å²) in [6, 6.07) is 8.09. The van der Waals surface area contributed by atoms with E-state index in [1.165, 1.54) is 7.11 Å². The van der Waals surface area contributed by atoms with Crippen molar-refractivity contribution in [2.45, 2.75) is 19.8 Å². The molecule has 0 aromatic heterocycles. The molecule has 7 nitrogen and oxygen atoms in total. The topological polar surface area (TPSA) is 93.0 Å². The lowest BCUT2D eigenvalue weighted by molar-refractivity contribution is 0.373. The van der Waals surface area contributed by atoms with Crippen LogP contribution in [0.25, 0.3) is 17.1 Å². The van der Waals surface area contributed by atoms with Gasteiger partial charge in [-0.05, 0) is 36.2 Å². The maximum atomic E-state index is 12.9. The predicted molar refractivity (Wildman–Crippen MR) is 120 cm³/mol. The van der Waals surface area contributed by atoms with Crippen molar-refractivity contribution in [3.63, 3.8) is 0 Å². The van der Waals surface area contributed by atoms with Gasteiger partial charge in [-0.15, -0.1) is 0 Å². The van der Waals surface area contributed by atoms with Crippen LogP contribution in [0.4, 0.5) is 0 Å². The van der Waals surface area contributed by atoms with Crippen molar-refractivity contribution in [3.8, 4) is 28.6 Å². The second-order valence-corrected chi connectivity index (χ2v) is 8.07. The van der Waals surface area contributed by atoms with Crippen LogP contribution in [0.2, 0.25) is 15.1 Å². The first-order chi connectivity index (χ1) is 14.8. The van der Waals surface area contributed by atoms with E-state index in [1.807, 2.05) is 6.92 Å². The molecule has 2 N–H and O–H groups in total. The zero-order chi connectivity index (χ0) is 22.3. The van der Waals surface area contributed by atoms with E-state index >= 15 is 0 Å². The van der Waals surface area contributed by atoms with Crippen LogP contribution in [0.15, 0.2) is 35.1 Å². The van der Waals surface area contributed by atoms with Gasteiger partial charge in [-0.2, -0.15) is 4.98 Å². The molecular weight excluding hydrogens is 463 g/mol. The van der Waals surface area contributed by atoms with E-state index in [0.29, 0.717) is 55.8 Å². The van der Waals surface area contributed by atoms with Crippen molar-refractivity contribution in [2.75, 3.05) is 7.11 Å². The maximum Gasteiger partial charge on any atom is 0.284 e. The molecule has 0 atom stereocenters. The quantitative estimate of drug-likeness (QED) is 0.425. The minimum Gasteiger partial charge on any atom is -0.504 e. The van der Waals surface area contributed by atoms with Gasteiger partial charge in [-0.1, -0.05) is 47.8 Å². The Hall–Kier alpha value is -2.74. The van der Waals surface area contributed by atoms with Crippen molar-refractivity contribution < 1.29 is 9.84 Å². The summed E-state index contributed by atoms with van der Waals surface area (Å²) >= 11 is 18.9. The van der Waals surface area contributed by atoms with Gasteiger partial charge in [0.2, 0.25) is 0 Å². The molecule has 31 heavy (non-hydrogen) atoms. The molecule has 0 bridgehead atoms. The number of nitrogens with zero attached hydrogens (tertiary/aromatic N) is 3. The van der Waals surface area contributed by atoms with Gasteiger partial charge in [0, 0.05) is 17.1 Å². The van der Waals surface area contributed by atoms with Crippen LogP contribution < -0.4 is 10.3 Å². The second-order valence-electron chi connectivity index (χ2n) is 6.82. The number of rotatable bonds is 5. The molecule has 2 aliphatic heterocycles. The SMILES string of the molecule is CCc1[nH]n(-c2c(Cl)cc(Cl)cc2Cl)c2nc(Cc3ccc(OC)c(O)c3)nc(=O)c1-2. The van der Waals surface area contributed by atoms with Crippen LogP contribution in [0.5, 0.6) is 11.5 Å². The Kier molecular flexibility index (Phi) is 5.83. The molecular formula is C21H17Cl3N4O3. The number of halogens is 3. The van der Waals surface area contributed by atoms with Gasteiger partial charge in [-0.3, -0.25) is 9.89 Å². The summed E-state index contributed by atoms with van der Waals surface area (Å²) in [5, 5.41) is 14.2. The number of aromatic hydroxyl groups is 1. The number of fused-ring (bicyclic) bond motifs is 1. The molecule has 0 saturated heterocycles. The monoisotopic (exact) mass is 478 g/mol. The molecule has 2 aromatic rings. The molecule has 0 unspecified atom stereocenters. The molecule has 0 saturated carbocycles. The van der Waals surface area contributed by atoms with E-state index in [9.17, 15) is 9.90 Å². The van der Waals surface area contributed by atoms with Crippen LogP contribution in [-0.4, -0.2) is 32.0 Å². The lowest BCUT2D eigenvalue weighted by Crippen LogP contribution is -2.17. The Bertz CT molecular complexity index is 1290. The summed E-state index contributed by atoms with van der Waals surface area (Å²) in [7, 11) is 1.47.